The van der Waals surface area contributed by atoms with E-state index in [0.717, 1.165) is 19.3 Å². The lowest BCUT2D eigenvalue weighted by Gasteiger charge is -2.16. The van der Waals surface area contributed by atoms with Gasteiger partial charge in [-0.15, -0.1) is 9.05 Å². The van der Waals surface area contributed by atoms with E-state index in [0.29, 0.717) is 18.4 Å². The Bertz CT molecular complexity index is 281. The zero-order chi connectivity index (χ0) is 14.4. The number of hydrogen-bond acceptors (Lipinski definition) is 4. The highest BCUT2D eigenvalue weighted by Gasteiger charge is 2.40. The van der Waals surface area contributed by atoms with E-state index in [1.165, 1.54) is 0 Å². The van der Waals surface area contributed by atoms with Crippen molar-refractivity contribution < 1.29 is 18.3 Å². The summed E-state index contributed by atoms with van der Waals surface area (Å²) in [7, 11) is -2.03. The lowest BCUT2D eigenvalue weighted by molar-refractivity contribution is 0.00708. The van der Waals surface area contributed by atoms with Crippen LogP contribution < -0.4 is 0 Å². The van der Waals surface area contributed by atoms with Crippen LogP contribution in [-0.2, 0) is 18.3 Å². The first-order valence-corrected chi connectivity index (χ1v) is 8.55. The van der Waals surface area contributed by atoms with E-state index in [2.05, 4.69) is 20.8 Å². The van der Waals surface area contributed by atoms with Gasteiger partial charge in [0.2, 0.25) is 0 Å². The van der Waals surface area contributed by atoms with Crippen molar-refractivity contribution in [1.82, 2.24) is 0 Å². The third-order valence-corrected chi connectivity index (χ3v) is 5.07. The Morgan fingerprint density at radius 2 is 1.84 bits per heavy atom. The topological polar surface area (TPSA) is 44.8 Å². The van der Waals surface area contributed by atoms with E-state index in [9.17, 15) is 4.57 Å². The van der Waals surface area contributed by atoms with Gasteiger partial charge in [-0.05, 0) is 31.6 Å². The molecule has 1 rings (SSSR count). The van der Waals surface area contributed by atoms with Gasteiger partial charge in [0.25, 0.3) is 0 Å². The molecule has 0 radical (unpaired) electrons. The average molecular weight is 291 g/mol. The van der Waals surface area contributed by atoms with E-state index in [-0.39, 0.29) is 18.3 Å². The van der Waals surface area contributed by atoms with E-state index < -0.39 is 8.25 Å². The molecule has 0 amide bonds. The summed E-state index contributed by atoms with van der Waals surface area (Å²) < 4.78 is 28.3. The summed E-state index contributed by atoms with van der Waals surface area (Å²) in [4.78, 5) is 0. The molecule has 112 valence electrons. The van der Waals surface area contributed by atoms with Gasteiger partial charge in [-0.1, -0.05) is 34.1 Å². The van der Waals surface area contributed by atoms with Gasteiger partial charge >= 0.3 is 8.25 Å². The maximum atomic E-state index is 11.7. The normalized spacial score (nSPS) is 32.0. The highest BCUT2D eigenvalue weighted by Crippen LogP contribution is 2.37. The molecule has 0 bridgehead atoms. The van der Waals surface area contributed by atoms with Gasteiger partial charge < -0.3 is 4.74 Å². The number of hydrogen-bond donors (Lipinski definition) is 0. The fraction of sp³-hybridized carbons (Fsp3) is 1.00. The van der Waals surface area contributed by atoms with Crippen molar-refractivity contribution in [3.05, 3.63) is 0 Å². The van der Waals surface area contributed by atoms with Crippen molar-refractivity contribution in [2.75, 3.05) is 6.61 Å². The molecule has 0 spiro atoms. The first-order chi connectivity index (χ1) is 9.03. The fourth-order valence-corrected chi connectivity index (χ4v) is 3.58. The fourth-order valence-electron chi connectivity index (χ4n) is 2.71. The molecule has 19 heavy (non-hydrogen) atoms. The highest BCUT2D eigenvalue weighted by atomic mass is 31.1. The Morgan fingerprint density at radius 1 is 1.21 bits per heavy atom. The molecule has 1 aliphatic heterocycles. The Labute approximate surface area is 118 Å². The summed E-state index contributed by atoms with van der Waals surface area (Å²) in [5, 5.41) is 0. The highest BCUT2D eigenvalue weighted by molar-refractivity contribution is 7.33. The molecule has 5 atom stereocenters. The molecule has 0 aromatic carbocycles. The Kier molecular flexibility index (Phi) is 7.45. The Morgan fingerprint density at radius 3 is 2.37 bits per heavy atom. The molecule has 0 aliphatic carbocycles. The monoisotopic (exact) mass is 291 g/mol. The average Bonchev–Trinajstić information content (AvgIpc) is 2.68. The maximum absolute atomic E-state index is 11.7. The van der Waals surface area contributed by atoms with Crippen molar-refractivity contribution in [2.45, 2.75) is 72.2 Å². The maximum Gasteiger partial charge on any atom is 0.697 e. The second-order valence-corrected chi connectivity index (χ2v) is 6.29. The van der Waals surface area contributed by atoms with Gasteiger partial charge in [0.1, 0.15) is 12.7 Å². The minimum absolute atomic E-state index is 0.0212. The van der Waals surface area contributed by atoms with Crippen LogP contribution in [0.1, 0.15) is 53.9 Å². The van der Waals surface area contributed by atoms with Crippen LogP contribution in [0.25, 0.3) is 0 Å². The minimum Gasteiger partial charge on any atom is -0.372 e. The zero-order valence-electron chi connectivity index (χ0n) is 12.8. The molecular weight excluding hydrogens is 263 g/mol. The second-order valence-electron chi connectivity index (χ2n) is 5.37. The van der Waals surface area contributed by atoms with Gasteiger partial charge in [0.15, 0.2) is 0 Å². The summed E-state index contributed by atoms with van der Waals surface area (Å²) >= 11 is 0. The predicted octanol–water partition coefficient (Wildman–Crippen LogP) is 4.32. The van der Waals surface area contributed by atoms with Gasteiger partial charge in [0, 0.05) is 4.57 Å². The summed E-state index contributed by atoms with van der Waals surface area (Å²) in [6, 6.07) is 0. The molecule has 0 aromatic rings. The molecule has 1 fully saturated rings. The molecule has 1 saturated heterocycles. The van der Waals surface area contributed by atoms with Crippen LogP contribution >= 0.6 is 8.25 Å². The number of ether oxygens (including phenoxy) is 1. The van der Waals surface area contributed by atoms with E-state index in [1.807, 2.05) is 13.8 Å². The van der Waals surface area contributed by atoms with Gasteiger partial charge in [-0.3, -0.25) is 0 Å². The van der Waals surface area contributed by atoms with Gasteiger partial charge in [-0.2, -0.15) is 0 Å². The van der Waals surface area contributed by atoms with E-state index in [1.54, 1.807) is 0 Å². The summed E-state index contributed by atoms with van der Waals surface area (Å²) in [6.45, 7) is 10.9. The van der Waals surface area contributed by atoms with E-state index in [4.69, 9.17) is 13.8 Å². The standard InChI is InChI=1S/C14H28O4P/c1-6-12(7-2)18-19(15)16-9-14-13(8-3)10(4)11(5)17-14/h10-14H,6-9H2,1-5H3/q+1/t10-,11-,13-,14?/m0/s1. The largest absolute Gasteiger partial charge is 0.697 e. The van der Waals surface area contributed by atoms with Crippen LogP contribution in [0, 0.1) is 11.8 Å². The molecule has 5 heteroatoms. The third-order valence-electron chi connectivity index (χ3n) is 4.24. The van der Waals surface area contributed by atoms with Crippen LogP contribution in [-0.4, -0.2) is 24.9 Å². The molecule has 1 aliphatic rings. The summed E-state index contributed by atoms with van der Waals surface area (Å²) in [5.74, 6) is 1.00. The quantitative estimate of drug-likeness (QED) is 0.625. The summed E-state index contributed by atoms with van der Waals surface area (Å²) in [6.07, 6.45) is 3.08. The summed E-state index contributed by atoms with van der Waals surface area (Å²) in [5.41, 5.74) is 0. The first kappa shape index (κ1) is 17.0. The predicted molar refractivity (Wildman–Crippen MR) is 76.3 cm³/mol. The van der Waals surface area contributed by atoms with Gasteiger partial charge in [-0.25, -0.2) is 0 Å². The second kappa shape index (κ2) is 8.31. The van der Waals surface area contributed by atoms with Gasteiger partial charge in [0.05, 0.1) is 12.2 Å². The molecular formula is C14H28O4P+. The van der Waals surface area contributed by atoms with Crippen LogP contribution in [0.5, 0.6) is 0 Å². The van der Waals surface area contributed by atoms with Crippen LogP contribution in [0.4, 0.5) is 0 Å². The third kappa shape index (κ3) is 4.78. The molecule has 0 aromatic heterocycles. The molecule has 0 N–H and O–H groups in total. The Hall–Kier alpha value is -0.0200. The molecule has 1 heterocycles. The SMILES string of the molecule is CCC(CC)O[P+](=O)OCC1O[C@@H](C)[C@H](C)[C@@H]1CC. The van der Waals surface area contributed by atoms with Crippen LogP contribution in [0.3, 0.4) is 0 Å². The molecule has 0 saturated carbocycles. The number of rotatable bonds is 8. The van der Waals surface area contributed by atoms with Crippen molar-refractivity contribution in [3.63, 3.8) is 0 Å². The van der Waals surface area contributed by atoms with Crippen molar-refractivity contribution in [2.24, 2.45) is 11.8 Å². The lowest BCUT2D eigenvalue weighted by Crippen LogP contribution is -2.23. The molecule has 4 nitrogen and oxygen atoms in total. The van der Waals surface area contributed by atoms with Crippen molar-refractivity contribution in [1.29, 1.82) is 0 Å². The first-order valence-electron chi connectivity index (χ1n) is 7.45. The van der Waals surface area contributed by atoms with E-state index >= 15 is 0 Å². The van der Waals surface area contributed by atoms with Crippen molar-refractivity contribution in [3.8, 4) is 0 Å². The Balaban J connectivity index is 2.37. The minimum atomic E-state index is -2.03. The lowest BCUT2D eigenvalue weighted by atomic mass is 9.87. The smallest absolute Gasteiger partial charge is 0.372 e. The molecule has 2 unspecified atom stereocenters. The van der Waals surface area contributed by atoms with Crippen LogP contribution in [0.15, 0.2) is 0 Å². The van der Waals surface area contributed by atoms with Crippen LogP contribution in [0.2, 0.25) is 0 Å². The van der Waals surface area contributed by atoms with Crippen molar-refractivity contribution >= 4 is 8.25 Å². The zero-order valence-corrected chi connectivity index (χ0v) is 13.7.